The van der Waals surface area contributed by atoms with Crippen molar-refractivity contribution in [2.75, 3.05) is 7.11 Å². The molecule has 0 bridgehead atoms. The Balaban J connectivity index is 0.000000385. The molecule has 0 aromatic carbocycles. The van der Waals surface area contributed by atoms with E-state index in [1.54, 1.807) is 7.11 Å². The lowest BCUT2D eigenvalue weighted by Crippen LogP contribution is -2.68. The van der Waals surface area contributed by atoms with Gasteiger partial charge in [0.1, 0.15) is 0 Å². The summed E-state index contributed by atoms with van der Waals surface area (Å²) in [6.45, 7) is 4.20. The highest BCUT2D eigenvalue weighted by molar-refractivity contribution is 6.01. The van der Waals surface area contributed by atoms with Crippen LogP contribution in [0, 0.1) is 10.2 Å². The average Bonchev–Trinajstić information content (AvgIpc) is 2.15. The van der Waals surface area contributed by atoms with Crippen LogP contribution < -0.4 is 18.6 Å². The van der Waals surface area contributed by atoms with Gasteiger partial charge in [-0.3, -0.25) is 4.42 Å². The van der Waals surface area contributed by atoms with E-state index in [4.69, 9.17) is 23.1 Å². The van der Waals surface area contributed by atoms with Crippen molar-refractivity contribution in [3.8, 4) is 0 Å². The fraction of sp³-hybridized carbons (Fsp3) is 0.300. The van der Waals surface area contributed by atoms with Crippen LogP contribution in [0.1, 0.15) is 13.8 Å². The van der Waals surface area contributed by atoms with E-state index in [9.17, 15) is 0 Å². The summed E-state index contributed by atoms with van der Waals surface area (Å²) in [5, 5.41) is 0. The molecule has 1 aliphatic carbocycles. The first-order valence-corrected chi connectivity index (χ1v) is 5.54. The quantitative estimate of drug-likeness (QED) is 0.439. The highest BCUT2D eigenvalue weighted by atomic mass is 35.7. The molecule has 0 amide bonds. The van der Waals surface area contributed by atoms with Crippen LogP contribution in [0.25, 0.3) is 0 Å². The van der Waals surface area contributed by atoms with E-state index in [1.807, 2.05) is 12.2 Å². The summed E-state index contributed by atoms with van der Waals surface area (Å²) in [6, 6.07) is 0. The van der Waals surface area contributed by atoms with Gasteiger partial charge < -0.3 is 0 Å². The lowest BCUT2D eigenvalue weighted by atomic mass is 10.1. The molecule has 0 saturated heterocycles. The third kappa shape index (κ3) is 8.34. The van der Waals surface area contributed by atoms with Crippen LogP contribution in [0.15, 0.2) is 35.5 Å². The molecule has 0 atom stereocenters. The Hall–Kier alpha value is -0.980. The van der Waals surface area contributed by atoms with E-state index in [0.29, 0.717) is 0 Å². The molecule has 0 aromatic rings. The highest BCUT2D eigenvalue weighted by Crippen LogP contribution is 2.10. The van der Waals surface area contributed by atoms with Crippen LogP contribution in [-0.4, -0.2) is 12.9 Å². The standard InChI is InChI=1S/C10H13O.ClHO4/c1-8(2)9-4-6-10(11-3)7-5-9;2-1(3,4)5/h4-7H,1-3H3;(H,2,3,4,5)/q+1;/p-1. The Morgan fingerprint density at radius 1 is 1.00 bits per heavy atom. The maximum absolute atomic E-state index is 8.49. The van der Waals surface area contributed by atoms with E-state index in [0.717, 1.165) is 5.78 Å². The number of ketones is 1. The van der Waals surface area contributed by atoms with Crippen molar-refractivity contribution in [3.63, 3.8) is 0 Å². The molecule has 1 rings (SSSR count). The molecule has 0 aromatic heterocycles. The predicted octanol–water partition coefficient (Wildman–Crippen LogP) is -2.57. The van der Waals surface area contributed by atoms with Crippen LogP contribution in [0.2, 0.25) is 0 Å². The molecule has 16 heavy (non-hydrogen) atoms. The topological polar surface area (TPSA) is 104 Å². The third-order valence-electron chi connectivity index (χ3n) is 1.67. The molecule has 0 saturated carbocycles. The molecule has 5 nitrogen and oxygen atoms in total. The lowest BCUT2D eigenvalue weighted by molar-refractivity contribution is -2.00. The van der Waals surface area contributed by atoms with Crippen molar-refractivity contribution in [1.82, 2.24) is 0 Å². The molecule has 0 fully saturated rings. The minimum absolute atomic E-state index is 0.912. The molecule has 0 aliphatic heterocycles. The Morgan fingerprint density at radius 2 is 1.38 bits per heavy atom. The predicted molar refractivity (Wildman–Crippen MR) is 47.6 cm³/mol. The second-order valence-corrected chi connectivity index (χ2v) is 3.86. The fourth-order valence-electron chi connectivity index (χ4n) is 0.924. The fourth-order valence-corrected chi connectivity index (χ4v) is 0.924. The minimum atomic E-state index is -4.94. The summed E-state index contributed by atoms with van der Waals surface area (Å²) < 4.78 is 39.0. The second-order valence-electron chi connectivity index (χ2n) is 3.11. The lowest BCUT2D eigenvalue weighted by Gasteiger charge is -2.17. The number of hydrogen-bond donors (Lipinski definition) is 0. The van der Waals surface area contributed by atoms with Gasteiger partial charge in [0.15, 0.2) is 0 Å². The van der Waals surface area contributed by atoms with E-state index in [1.165, 1.54) is 11.1 Å². The van der Waals surface area contributed by atoms with Crippen molar-refractivity contribution in [2.45, 2.75) is 13.8 Å². The number of allylic oxidation sites excluding steroid dienone is 6. The molecule has 6 heteroatoms. The summed E-state index contributed by atoms with van der Waals surface area (Å²) in [5.41, 5.74) is 2.60. The molecular weight excluding hydrogens is 236 g/mol. The van der Waals surface area contributed by atoms with Gasteiger partial charge in [0, 0.05) is 12.2 Å². The smallest absolute Gasteiger partial charge is 0.258 e. The number of rotatable bonds is 0. The van der Waals surface area contributed by atoms with Gasteiger partial charge in [-0.2, -0.15) is 0 Å². The summed E-state index contributed by atoms with van der Waals surface area (Å²) >= 11 is 0. The van der Waals surface area contributed by atoms with Crippen LogP contribution >= 0.6 is 0 Å². The first-order chi connectivity index (χ1) is 7.24. The van der Waals surface area contributed by atoms with Crippen LogP contribution in [0.3, 0.4) is 0 Å². The Kier molecular flexibility index (Phi) is 6.17. The monoisotopic (exact) mass is 248 g/mol. The van der Waals surface area contributed by atoms with Gasteiger partial charge in [0.05, 0.1) is 0 Å². The van der Waals surface area contributed by atoms with Crippen LogP contribution in [0.5, 0.6) is 0 Å². The molecule has 0 heterocycles. The zero-order chi connectivity index (χ0) is 12.8. The largest absolute Gasteiger partial charge is 0.343 e. The SMILES string of the molecule is C[O+]=C1C=CC(=C(C)C)C=C1.[O-][Cl+3]([O-])([O-])[O-]. The second kappa shape index (κ2) is 6.57. The van der Waals surface area contributed by atoms with Crippen molar-refractivity contribution < 1.29 is 33.3 Å². The normalized spacial score (nSPS) is 14.4. The van der Waals surface area contributed by atoms with Gasteiger partial charge in [-0.15, -0.1) is 10.2 Å². The first kappa shape index (κ1) is 15.0. The van der Waals surface area contributed by atoms with Crippen molar-refractivity contribution in [3.05, 3.63) is 35.5 Å². The number of halogens is 1. The molecule has 0 N–H and O–H groups in total. The maximum atomic E-state index is 8.49. The number of hydrogen-bond acceptors (Lipinski definition) is 4. The summed E-state index contributed by atoms with van der Waals surface area (Å²) in [4.78, 5) is 0. The van der Waals surface area contributed by atoms with Crippen molar-refractivity contribution in [2.24, 2.45) is 0 Å². The molecule has 1 aliphatic rings. The van der Waals surface area contributed by atoms with Crippen molar-refractivity contribution >= 4 is 5.78 Å². The maximum Gasteiger partial charge on any atom is 0.343 e. The van der Waals surface area contributed by atoms with Crippen LogP contribution in [-0.2, 0) is 4.42 Å². The highest BCUT2D eigenvalue weighted by Gasteiger charge is 2.05. The number of carbonyl (C=O) groups excluding carboxylic acids is 1. The molecular formula is C10H13ClO5. The summed E-state index contributed by atoms with van der Waals surface area (Å²) in [7, 11) is -3.27. The zero-order valence-corrected chi connectivity index (χ0v) is 9.98. The van der Waals surface area contributed by atoms with Gasteiger partial charge in [-0.05, 0) is 31.6 Å². The molecule has 90 valence electrons. The molecule has 0 spiro atoms. The Labute approximate surface area is 96.1 Å². The van der Waals surface area contributed by atoms with Gasteiger partial charge in [-0.1, -0.05) is 5.57 Å². The van der Waals surface area contributed by atoms with Gasteiger partial charge in [-0.25, -0.2) is 18.6 Å². The van der Waals surface area contributed by atoms with Gasteiger partial charge in [0.25, 0.3) is 7.11 Å². The summed E-state index contributed by atoms with van der Waals surface area (Å²) in [5.74, 6) is 0.912. The Bertz CT molecular complexity index is 319. The van der Waals surface area contributed by atoms with E-state index < -0.39 is 10.2 Å². The average molecular weight is 249 g/mol. The van der Waals surface area contributed by atoms with Gasteiger partial charge in [0.2, 0.25) is 0 Å². The third-order valence-corrected chi connectivity index (χ3v) is 1.67. The van der Waals surface area contributed by atoms with E-state index >= 15 is 0 Å². The van der Waals surface area contributed by atoms with Crippen molar-refractivity contribution in [1.29, 1.82) is 0 Å². The van der Waals surface area contributed by atoms with Crippen LogP contribution in [0.4, 0.5) is 0 Å². The summed E-state index contributed by atoms with van der Waals surface area (Å²) in [6.07, 6.45) is 8.08. The van der Waals surface area contributed by atoms with E-state index in [2.05, 4.69) is 26.0 Å². The minimum Gasteiger partial charge on any atom is -0.258 e. The van der Waals surface area contributed by atoms with E-state index in [-0.39, 0.29) is 0 Å². The molecule has 0 unspecified atom stereocenters. The molecule has 0 radical (unpaired) electrons. The van der Waals surface area contributed by atoms with Gasteiger partial charge >= 0.3 is 5.78 Å². The Morgan fingerprint density at radius 3 is 1.62 bits per heavy atom. The first-order valence-electron chi connectivity index (χ1n) is 4.30. The zero-order valence-electron chi connectivity index (χ0n) is 9.23.